The monoisotopic (exact) mass is 319 g/mol. The quantitative estimate of drug-likeness (QED) is 0.754. The van der Waals surface area contributed by atoms with Gasteiger partial charge in [0.25, 0.3) is 0 Å². The second kappa shape index (κ2) is 8.20. The molecule has 0 fully saturated rings. The van der Waals surface area contributed by atoms with E-state index in [2.05, 4.69) is 54.6 Å². The summed E-state index contributed by atoms with van der Waals surface area (Å²) in [4.78, 5) is 14.2. The van der Waals surface area contributed by atoms with Gasteiger partial charge in [-0.05, 0) is 42.4 Å². The van der Waals surface area contributed by atoms with Gasteiger partial charge in [-0.3, -0.25) is 0 Å². The number of urea groups is 1. The van der Waals surface area contributed by atoms with E-state index in [0.717, 1.165) is 24.9 Å². The van der Waals surface area contributed by atoms with Gasteiger partial charge in [0.15, 0.2) is 0 Å². The third kappa shape index (κ3) is 5.13. The number of aryl methyl sites for hydroxylation is 1. The Morgan fingerprint density at radius 1 is 1.39 bits per heavy atom. The average Bonchev–Trinajstić information content (AvgIpc) is 2.52. The number of carbonyl (C=O) groups excluding carboxylic acids is 1. The number of amides is 2. The molecular formula is C18H29N3O2. The maximum atomic E-state index is 12.0. The number of anilines is 1. The van der Waals surface area contributed by atoms with Gasteiger partial charge in [-0.15, -0.1) is 0 Å². The van der Waals surface area contributed by atoms with Crippen molar-refractivity contribution in [3.8, 4) is 0 Å². The number of nitrogens with one attached hydrogen (secondary N) is 2. The summed E-state index contributed by atoms with van der Waals surface area (Å²) in [5, 5.41) is 15.0. The molecule has 0 aliphatic carbocycles. The molecule has 0 aromatic heterocycles. The van der Waals surface area contributed by atoms with E-state index >= 15 is 0 Å². The van der Waals surface area contributed by atoms with Crippen LogP contribution >= 0.6 is 0 Å². The van der Waals surface area contributed by atoms with Crippen LogP contribution in [0.5, 0.6) is 0 Å². The minimum Gasteiger partial charge on any atom is -0.394 e. The van der Waals surface area contributed by atoms with Crippen molar-refractivity contribution in [2.24, 2.45) is 5.92 Å². The molecule has 0 bridgehead atoms. The number of rotatable bonds is 6. The molecular weight excluding hydrogens is 290 g/mol. The summed E-state index contributed by atoms with van der Waals surface area (Å²) < 4.78 is 0. The highest BCUT2D eigenvalue weighted by Gasteiger charge is 2.15. The lowest BCUT2D eigenvalue weighted by molar-refractivity contribution is 0.206. The van der Waals surface area contributed by atoms with Crippen molar-refractivity contribution >= 4 is 11.7 Å². The minimum absolute atomic E-state index is 0.0310. The van der Waals surface area contributed by atoms with Crippen LogP contribution in [0.2, 0.25) is 0 Å². The molecule has 1 aliphatic rings. The van der Waals surface area contributed by atoms with Gasteiger partial charge in [0.1, 0.15) is 0 Å². The fraction of sp³-hybridized carbons (Fsp3) is 0.611. The van der Waals surface area contributed by atoms with Crippen molar-refractivity contribution in [1.29, 1.82) is 0 Å². The van der Waals surface area contributed by atoms with Crippen LogP contribution in [0.4, 0.5) is 10.5 Å². The van der Waals surface area contributed by atoms with Crippen LogP contribution in [-0.2, 0) is 13.0 Å². The number of benzene rings is 1. The Labute approximate surface area is 139 Å². The Morgan fingerprint density at radius 3 is 2.87 bits per heavy atom. The molecule has 1 aliphatic heterocycles. The molecule has 5 nitrogen and oxygen atoms in total. The molecule has 0 saturated carbocycles. The van der Waals surface area contributed by atoms with Gasteiger partial charge in [0.2, 0.25) is 0 Å². The number of aliphatic hydroxyl groups excluding tert-OH is 1. The van der Waals surface area contributed by atoms with Gasteiger partial charge >= 0.3 is 6.03 Å². The van der Waals surface area contributed by atoms with E-state index < -0.39 is 0 Å². The largest absolute Gasteiger partial charge is 0.394 e. The van der Waals surface area contributed by atoms with Gasteiger partial charge < -0.3 is 20.6 Å². The molecule has 128 valence electrons. The van der Waals surface area contributed by atoms with Gasteiger partial charge in [0.05, 0.1) is 12.6 Å². The van der Waals surface area contributed by atoms with E-state index in [9.17, 15) is 9.90 Å². The Hall–Kier alpha value is -1.75. The molecule has 5 heteroatoms. The summed E-state index contributed by atoms with van der Waals surface area (Å²) in [7, 11) is 2.12. The molecule has 1 aromatic carbocycles. The van der Waals surface area contributed by atoms with Crippen molar-refractivity contribution in [1.82, 2.24) is 10.6 Å². The minimum atomic E-state index is -0.223. The number of nitrogens with zero attached hydrogens (tertiary/aromatic N) is 1. The van der Waals surface area contributed by atoms with E-state index in [1.54, 1.807) is 0 Å². The summed E-state index contributed by atoms with van der Waals surface area (Å²) in [5.74, 6) is 0.435. The molecule has 1 aromatic rings. The van der Waals surface area contributed by atoms with Crippen LogP contribution in [0, 0.1) is 5.92 Å². The van der Waals surface area contributed by atoms with Crippen LogP contribution in [0.1, 0.15) is 37.8 Å². The molecule has 3 N–H and O–H groups in total. The average molecular weight is 319 g/mol. The van der Waals surface area contributed by atoms with Gasteiger partial charge in [0, 0.05) is 25.8 Å². The number of hydrogen-bond donors (Lipinski definition) is 3. The lowest BCUT2D eigenvalue weighted by Gasteiger charge is -2.28. The molecule has 1 atom stereocenters. The van der Waals surface area contributed by atoms with E-state index in [1.165, 1.54) is 17.7 Å². The second-order valence-electron chi connectivity index (χ2n) is 6.82. The first-order valence-corrected chi connectivity index (χ1v) is 8.47. The van der Waals surface area contributed by atoms with Crippen LogP contribution in [0.3, 0.4) is 0 Å². The first kappa shape index (κ1) is 17.6. The molecule has 0 radical (unpaired) electrons. The summed E-state index contributed by atoms with van der Waals surface area (Å²) in [6.07, 6.45) is 3.05. The van der Waals surface area contributed by atoms with Crippen LogP contribution in [-0.4, -0.2) is 37.4 Å². The number of hydrogen-bond acceptors (Lipinski definition) is 3. The number of carbonyl (C=O) groups is 1. The smallest absolute Gasteiger partial charge is 0.315 e. The van der Waals surface area contributed by atoms with E-state index in [0.29, 0.717) is 12.5 Å². The van der Waals surface area contributed by atoms with E-state index in [-0.39, 0.29) is 18.7 Å². The van der Waals surface area contributed by atoms with E-state index in [4.69, 9.17) is 0 Å². The molecule has 23 heavy (non-hydrogen) atoms. The molecule has 0 saturated heterocycles. The fourth-order valence-electron chi connectivity index (χ4n) is 3.12. The topological polar surface area (TPSA) is 64.6 Å². The van der Waals surface area contributed by atoms with Crippen molar-refractivity contribution in [3.63, 3.8) is 0 Å². The summed E-state index contributed by atoms with van der Waals surface area (Å²) >= 11 is 0. The molecule has 0 spiro atoms. The van der Waals surface area contributed by atoms with Gasteiger partial charge in [-0.2, -0.15) is 0 Å². The number of fused-ring (bicyclic) bond motifs is 1. The lowest BCUT2D eigenvalue weighted by Crippen LogP contribution is -2.44. The van der Waals surface area contributed by atoms with Crippen molar-refractivity contribution in [2.75, 3.05) is 25.1 Å². The normalized spacial score (nSPS) is 15.3. The zero-order valence-electron chi connectivity index (χ0n) is 14.4. The predicted octanol–water partition coefficient (Wildman–Crippen LogP) is 2.28. The Bertz CT molecular complexity index is 531. The van der Waals surface area contributed by atoms with Gasteiger partial charge in [-0.1, -0.05) is 26.0 Å². The highest BCUT2D eigenvalue weighted by atomic mass is 16.3. The lowest BCUT2D eigenvalue weighted by atomic mass is 9.99. The Morgan fingerprint density at radius 2 is 2.17 bits per heavy atom. The fourth-order valence-corrected chi connectivity index (χ4v) is 3.12. The SMILES string of the molecule is CC(C)CC(CO)NC(=O)NCc1ccc2c(c1)CCCN2C. The van der Waals surface area contributed by atoms with Gasteiger partial charge in [-0.25, -0.2) is 4.79 Å². The third-order valence-corrected chi connectivity index (χ3v) is 4.26. The maximum Gasteiger partial charge on any atom is 0.315 e. The molecule has 1 heterocycles. The highest BCUT2D eigenvalue weighted by molar-refractivity contribution is 5.74. The first-order chi connectivity index (χ1) is 11.0. The standard InChI is InChI=1S/C18H29N3O2/c1-13(2)9-16(12-22)20-18(23)19-11-14-6-7-17-15(10-14)5-4-8-21(17)3/h6-7,10,13,16,22H,4-5,8-9,11-12H2,1-3H3,(H2,19,20,23). The third-order valence-electron chi connectivity index (χ3n) is 4.26. The van der Waals surface area contributed by atoms with E-state index in [1.807, 2.05) is 0 Å². The van der Waals surface area contributed by atoms with Crippen LogP contribution < -0.4 is 15.5 Å². The van der Waals surface area contributed by atoms with Crippen molar-refractivity contribution in [2.45, 2.75) is 45.7 Å². The summed E-state index contributed by atoms with van der Waals surface area (Å²) in [5.41, 5.74) is 3.76. The summed E-state index contributed by atoms with van der Waals surface area (Å²) in [6.45, 7) is 5.73. The molecule has 2 amide bonds. The maximum absolute atomic E-state index is 12.0. The zero-order valence-corrected chi connectivity index (χ0v) is 14.4. The van der Waals surface area contributed by atoms with Crippen molar-refractivity contribution < 1.29 is 9.90 Å². The van der Waals surface area contributed by atoms with Crippen molar-refractivity contribution in [3.05, 3.63) is 29.3 Å². The highest BCUT2D eigenvalue weighted by Crippen LogP contribution is 2.26. The van der Waals surface area contributed by atoms with Crippen LogP contribution in [0.25, 0.3) is 0 Å². The Balaban J connectivity index is 1.87. The van der Waals surface area contributed by atoms with Crippen LogP contribution in [0.15, 0.2) is 18.2 Å². The summed E-state index contributed by atoms with van der Waals surface area (Å²) in [6, 6.07) is 5.98. The second-order valence-corrected chi connectivity index (χ2v) is 6.82. The number of aliphatic hydroxyl groups is 1. The first-order valence-electron chi connectivity index (χ1n) is 8.47. The molecule has 1 unspecified atom stereocenters. The zero-order chi connectivity index (χ0) is 16.8. The Kier molecular flexibility index (Phi) is 6.28. The predicted molar refractivity (Wildman–Crippen MR) is 93.7 cm³/mol. The molecule has 2 rings (SSSR count).